The summed E-state index contributed by atoms with van der Waals surface area (Å²) in [6, 6.07) is 8.50. The number of nitrogens with zero attached hydrogens (tertiary/aromatic N) is 4. The zero-order chi connectivity index (χ0) is 33.2. The van der Waals surface area contributed by atoms with Gasteiger partial charge in [-0.25, -0.2) is 13.2 Å². The minimum Gasteiger partial charge on any atom is -0.508 e. The van der Waals surface area contributed by atoms with Gasteiger partial charge in [-0.05, 0) is 71.6 Å². The van der Waals surface area contributed by atoms with Crippen LogP contribution in [0.5, 0.6) is 17.5 Å². The molecule has 2 bridgehead atoms. The van der Waals surface area contributed by atoms with E-state index in [0.29, 0.717) is 41.7 Å². The summed E-state index contributed by atoms with van der Waals surface area (Å²) >= 11 is 0. The molecule has 5 atom stereocenters. The summed E-state index contributed by atoms with van der Waals surface area (Å²) < 4.78 is 67.3. The number of anilines is 1. The first kappa shape index (κ1) is 30.0. The highest BCUT2D eigenvalue weighted by Crippen LogP contribution is 2.61. The maximum absolute atomic E-state index is 17.3. The molecule has 6 heterocycles. The topological polar surface area (TPSA) is 92.2 Å². The van der Waals surface area contributed by atoms with Gasteiger partial charge in [-0.2, -0.15) is 9.97 Å². The van der Waals surface area contributed by atoms with Crippen LogP contribution in [-0.2, 0) is 11.3 Å². The van der Waals surface area contributed by atoms with Crippen molar-refractivity contribution in [2.45, 2.75) is 75.0 Å². The predicted octanol–water partition coefficient (Wildman–Crippen LogP) is 5.63. The number of rotatable bonds is 6. The maximum Gasteiger partial charge on any atom is 0.319 e. The molecule has 10 rings (SSSR count). The van der Waals surface area contributed by atoms with Crippen LogP contribution in [0.4, 0.5) is 19.0 Å². The SMILES string of the molecule is COCc1cccc2cc(O)cc(-c3c(F)c4c5c(nc(OC[C@]67C[C@@H](F)CN6CC6(CC6)C7)nc5c3F)N3CC5CCC(N5)C3CO4)c12. The quantitative estimate of drug-likeness (QED) is 0.271. The largest absolute Gasteiger partial charge is 0.508 e. The molecule has 1 aromatic heterocycles. The monoisotopic (exact) mass is 673 g/mol. The Morgan fingerprint density at radius 3 is 2.82 bits per heavy atom. The molecule has 1 aliphatic carbocycles. The van der Waals surface area contributed by atoms with Crippen LogP contribution in [0.3, 0.4) is 0 Å². The molecule has 3 unspecified atom stereocenters. The second-order valence-corrected chi connectivity index (χ2v) is 15.3. The lowest BCUT2D eigenvalue weighted by Crippen LogP contribution is -2.60. The standard InChI is InChI=1S/C37H38F3N5O4/c1-47-14-20-4-2-3-19-9-23(46)10-24(27(19)20)28-30(39)32-29-33(31(28)40)48-15-26-25-6-5-22(41-25)13-45(26)34(29)43-35(42-32)49-18-37-11-21(38)12-44(37)17-36(16-37)7-8-36/h2-4,9-10,21-22,25-26,41,46H,5-8,11-18H2,1H3/t21-,22?,25?,26?,37-/m1/s1. The van der Waals surface area contributed by atoms with E-state index >= 15 is 8.78 Å². The molecule has 12 heteroatoms. The Morgan fingerprint density at radius 2 is 1.98 bits per heavy atom. The molecule has 3 aromatic carbocycles. The zero-order valence-electron chi connectivity index (χ0n) is 27.3. The number of halogens is 3. The Hall–Kier alpha value is -3.87. The number of piperazine rings is 1. The Morgan fingerprint density at radius 1 is 1.10 bits per heavy atom. The fourth-order valence-corrected chi connectivity index (χ4v) is 9.87. The van der Waals surface area contributed by atoms with Gasteiger partial charge in [-0.1, -0.05) is 18.2 Å². The van der Waals surface area contributed by atoms with Gasteiger partial charge >= 0.3 is 6.01 Å². The summed E-state index contributed by atoms with van der Waals surface area (Å²) in [5, 5.41) is 15.8. The number of aromatic hydroxyl groups is 1. The van der Waals surface area contributed by atoms with Crippen molar-refractivity contribution in [2.75, 3.05) is 44.9 Å². The number of fused-ring (bicyclic) bond motifs is 7. The highest BCUT2D eigenvalue weighted by Gasteiger charge is 2.62. The van der Waals surface area contributed by atoms with Crippen molar-refractivity contribution >= 4 is 27.5 Å². The van der Waals surface area contributed by atoms with Gasteiger partial charge in [0, 0.05) is 45.2 Å². The summed E-state index contributed by atoms with van der Waals surface area (Å²) in [6.07, 6.45) is 4.53. The third-order valence-corrected chi connectivity index (χ3v) is 12.1. The van der Waals surface area contributed by atoms with E-state index in [-0.39, 0.29) is 82.9 Å². The molecule has 6 aliphatic rings. The smallest absolute Gasteiger partial charge is 0.319 e. The van der Waals surface area contributed by atoms with E-state index < -0.39 is 23.3 Å². The van der Waals surface area contributed by atoms with Crippen LogP contribution >= 0.6 is 0 Å². The molecule has 9 nitrogen and oxygen atoms in total. The normalized spacial score (nSPS) is 29.3. The third kappa shape index (κ3) is 4.49. The first-order valence-electron chi connectivity index (χ1n) is 17.4. The molecule has 1 spiro atoms. The molecular weight excluding hydrogens is 635 g/mol. The Bertz CT molecular complexity index is 2040. The van der Waals surface area contributed by atoms with Crippen molar-refractivity contribution in [1.82, 2.24) is 20.2 Å². The lowest BCUT2D eigenvalue weighted by Gasteiger charge is -2.40. The fourth-order valence-electron chi connectivity index (χ4n) is 9.87. The number of methoxy groups -OCH3 is 1. The number of nitrogens with one attached hydrogen (secondary N) is 1. The second kappa shape index (κ2) is 10.6. The van der Waals surface area contributed by atoms with Crippen LogP contribution in [-0.4, -0.2) is 89.8 Å². The lowest BCUT2D eigenvalue weighted by atomic mass is 9.89. The Labute approximate surface area is 281 Å². The fraction of sp³-hybridized carbons (Fsp3) is 0.514. The van der Waals surface area contributed by atoms with E-state index in [1.807, 2.05) is 12.1 Å². The molecule has 4 saturated heterocycles. The number of benzene rings is 3. The van der Waals surface area contributed by atoms with E-state index in [9.17, 15) is 9.50 Å². The predicted molar refractivity (Wildman–Crippen MR) is 177 cm³/mol. The van der Waals surface area contributed by atoms with Gasteiger partial charge < -0.3 is 29.5 Å². The molecule has 1 saturated carbocycles. The van der Waals surface area contributed by atoms with Crippen LogP contribution < -0.4 is 19.7 Å². The summed E-state index contributed by atoms with van der Waals surface area (Å²) in [5.74, 6) is -1.64. The van der Waals surface area contributed by atoms with Gasteiger partial charge in [0.05, 0.1) is 29.1 Å². The van der Waals surface area contributed by atoms with Gasteiger partial charge in [0.15, 0.2) is 17.4 Å². The molecule has 0 radical (unpaired) electrons. The summed E-state index contributed by atoms with van der Waals surface area (Å²) in [6.45, 7) is 2.41. The highest BCUT2D eigenvalue weighted by atomic mass is 19.1. The number of hydrogen-bond acceptors (Lipinski definition) is 9. The van der Waals surface area contributed by atoms with Crippen molar-refractivity contribution in [3.63, 3.8) is 0 Å². The van der Waals surface area contributed by atoms with E-state index in [1.165, 1.54) is 6.07 Å². The van der Waals surface area contributed by atoms with E-state index in [0.717, 1.165) is 38.6 Å². The molecule has 4 aromatic rings. The molecule has 5 fully saturated rings. The van der Waals surface area contributed by atoms with Gasteiger partial charge in [0.25, 0.3) is 0 Å². The first-order valence-corrected chi connectivity index (χ1v) is 17.4. The minimum absolute atomic E-state index is 0.0225. The molecule has 5 aliphatic heterocycles. The molecule has 49 heavy (non-hydrogen) atoms. The molecule has 2 N–H and O–H groups in total. The number of aromatic nitrogens is 2. The average molecular weight is 674 g/mol. The lowest BCUT2D eigenvalue weighted by molar-refractivity contribution is 0.107. The first-order chi connectivity index (χ1) is 23.7. The van der Waals surface area contributed by atoms with E-state index in [2.05, 4.69) is 20.1 Å². The van der Waals surface area contributed by atoms with Crippen LogP contribution in [0.2, 0.25) is 0 Å². The number of hydrogen-bond donors (Lipinski definition) is 2. The van der Waals surface area contributed by atoms with Crippen LogP contribution in [0.25, 0.3) is 32.8 Å². The van der Waals surface area contributed by atoms with Crippen molar-refractivity contribution < 1.29 is 32.5 Å². The maximum atomic E-state index is 17.3. The summed E-state index contributed by atoms with van der Waals surface area (Å²) in [5.41, 5.74) is 0.186. The number of phenolic OH excluding ortho intramolecular Hbond substituents is 1. The van der Waals surface area contributed by atoms with E-state index in [4.69, 9.17) is 19.2 Å². The number of phenols is 1. The van der Waals surface area contributed by atoms with Gasteiger partial charge in [0.2, 0.25) is 0 Å². The highest BCUT2D eigenvalue weighted by molar-refractivity contribution is 6.05. The van der Waals surface area contributed by atoms with Crippen molar-refractivity contribution in [3.05, 3.63) is 47.5 Å². The van der Waals surface area contributed by atoms with E-state index in [1.54, 1.807) is 19.2 Å². The number of ether oxygens (including phenoxy) is 3. The second-order valence-electron chi connectivity index (χ2n) is 15.3. The van der Waals surface area contributed by atoms with Crippen molar-refractivity contribution in [1.29, 1.82) is 0 Å². The van der Waals surface area contributed by atoms with Gasteiger partial charge in [-0.15, -0.1) is 0 Å². The van der Waals surface area contributed by atoms with Crippen LogP contribution in [0.15, 0.2) is 30.3 Å². The average Bonchev–Trinajstić information content (AvgIpc) is 3.54. The Kier molecular flexibility index (Phi) is 6.47. The van der Waals surface area contributed by atoms with Crippen molar-refractivity contribution in [2.24, 2.45) is 5.41 Å². The third-order valence-electron chi connectivity index (χ3n) is 12.1. The molecule has 0 amide bonds. The molecule has 256 valence electrons. The van der Waals surface area contributed by atoms with Crippen LogP contribution in [0.1, 0.15) is 44.1 Å². The van der Waals surface area contributed by atoms with Gasteiger partial charge in [-0.3, -0.25) is 4.90 Å². The summed E-state index contributed by atoms with van der Waals surface area (Å²) in [7, 11) is 1.56. The van der Waals surface area contributed by atoms with Crippen LogP contribution in [0, 0.1) is 17.0 Å². The number of alkyl halides is 1. The zero-order valence-corrected chi connectivity index (χ0v) is 27.3. The summed E-state index contributed by atoms with van der Waals surface area (Å²) in [4.78, 5) is 13.9. The Balaban J connectivity index is 1.17. The molecular formula is C37H38F3N5O4. The van der Waals surface area contributed by atoms with Gasteiger partial charge in [0.1, 0.15) is 36.5 Å². The van der Waals surface area contributed by atoms with Crippen molar-refractivity contribution in [3.8, 4) is 28.6 Å². The minimum atomic E-state index is -0.929.